The van der Waals surface area contributed by atoms with Crippen LogP contribution in [-0.2, 0) is 35.3 Å². The Morgan fingerprint density at radius 2 is 1.49 bits per heavy atom. The minimum Gasteiger partial charge on any atom is -0.338 e. The highest BCUT2D eigenvalue weighted by Crippen LogP contribution is 2.29. The lowest BCUT2D eigenvalue weighted by Crippen LogP contribution is -2.56. The summed E-state index contributed by atoms with van der Waals surface area (Å²) in [6.07, 6.45) is 0.412. The minimum absolute atomic E-state index is 0.137. The molecule has 53 heavy (non-hydrogen) atoms. The van der Waals surface area contributed by atoms with Crippen molar-refractivity contribution in [2.75, 3.05) is 26.2 Å². The Balaban J connectivity index is 1.27. The third-order valence-electron chi connectivity index (χ3n) is 9.93. The van der Waals surface area contributed by atoms with Gasteiger partial charge in [-0.05, 0) is 77.6 Å². The molecular formula is C44H43F3N4O2. The molecule has 6 rings (SSSR count). The molecule has 1 aromatic heterocycles. The number of amides is 2. The van der Waals surface area contributed by atoms with E-state index in [0.29, 0.717) is 38.2 Å². The van der Waals surface area contributed by atoms with Gasteiger partial charge in [-0.15, -0.1) is 0 Å². The fourth-order valence-electron chi connectivity index (χ4n) is 6.63. The number of pyridine rings is 1. The van der Waals surface area contributed by atoms with Crippen molar-refractivity contribution in [2.45, 2.75) is 45.6 Å². The van der Waals surface area contributed by atoms with Gasteiger partial charge in [0.05, 0.1) is 11.3 Å². The molecule has 5 aromatic rings. The van der Waals surface area contributed by atoms with E-state index >= 15 is 0 Å². The van der Waals surface area contributed by atoms with E-state index in [-0.39, 0.29) is 12.5 Å². The van der Waals surface area contributed by atoms with E-state index in [4.69, 9.17) is 0 Å². The number of hydrogen-bond donors (Lipinski definition) is 0. The Labute approximate surface area is 309 Å². The number of hydrogen-bond acceptors (Lipinski definition) is 4. The number of carbonyl (C=O) groups is 2. The summed E-state index contributed by atoms with van der Waals surface area (Å²) in [5.74, 6) is -0.553. The molecule has 0 radical (unpaired) electrons. The molecule has 1 fully saturated rings. The van der Waals surface area contributed by atoms with Gasteiger partial charge in [0.1, 0.15) is 6.04 Å². The van der Waals surface area contributed by atoms with Crippen molar-refractivity contribution >= 4 is 17.9 Å². The number of carbonyl (C=O) groups excluding carboxylic acids is 2. The maximum Gasteiger partial charge on any atom is 0.416 e. The molecule has 0 spiro atoms. The SMILES string of the molecule is Cc1cccc(CN2CCN(C(=O)C(Cc3ccccc3)N(Cc3ccc(-c4ccccn4)cc3)C(=O)C=Cc3ccc(C(F)(F)F)cc3)CC2)c1C. The highest BCUT2D eigenvalue weighted by molar-refractivity contribution is 5.95. The maximum atomic E-state index is 14.6. The van der Waals surface area contributed by atoms with Gasteiger partial charge in [0.2, 0.25) is 11.8 Å². The van der Waals surface area contributed by atoms with Crippen LogP contribution >= 0.6 is 0 Å². The van der Waals surface area contributed by atoms with Gasteiger partial charge in [0, 0.05) is 63.5 Å². The average Bonchev–Trinajstić information content (AvgIpc) is 3.18. The summed E-state index contributed by atoms with van der Waals surface area (Å²) in [6, 6.07) is 33.2. The van der Waals surface area contributed by atoms with Gasteiger partial charge in [0.15, 0.2) is 0 Å². The molecule has 2 amide bonds. The van der Waals surface area contributed by atoms with Crippen LogP contribution in [0.1, 0.15) is 38.9 Å². The minimum atomic E-state index is -4.46. The van der Waals surface area contributed by atoms with Crippen LogP contribution in [0.25, 0.3) is 17.3 Å². The lowest BCUT2D eigenvalue weighted by Gasteiger charge is -2.39. The number of benzene rings is 4. The second kappa shape index (κ2) is 16.9. The van der Waals surface area contributed by atoms with Gasteiger partial charge in [-0.3, -0.25) is 19.5 Å². The summed E-state index contributed by atoms with van der Waals surface area (Å²) in [5, 5.41) is 0. The van der Waals surface area contributed by atoms with Gasteiger partial charge in [-0.2, -0.15) is 13.2 Å². The normalized spacial score (nSPS) is 14.3. The van der Waals surface area contributed by atoms with Crippen LogP contribution in [0.2, 0.25) is 0 Å². The van der Waals surface area contributed by atoms with Gasteiger partial charge in [-0.1, -0.05) is 91.0 Å². The molecule has 272 valence electrons. The van der Waals surface area contributed by atoms with E-state index in [0.717, 1.165) is 41.1 Å². The lowest BCUT2D eigenvalue weighted by atomic mass is 10.0. The molecule has 1 aliphatic heterocycles. The van der Waals surface area contributed by atoms with Crippen molar-refractivity contribution < 1.29 is 22.8 Å². The molecular weight excluding hydrogens is 674 g/mol. The highest BCUT2D eigenvalue weighted by atomic mass is 19.4. The molecule has 0 N–H and O–H groups in total. The molecule has 1 atom stereocenters. The Kier molecular flexibility index (Phi) is 11.8. The number of aryl methyl sites for hydroxylation is 1. The number of aromatic nitrogens is 1. The van der Waals surface area contributed by atoms with E-state index in [1.54, 1.807) is 11.1 Å². The van der Waals surface area contributed by atoms with Crippen LogP contribution in [0.15, 0.2) is 128 Å². The number of halogens is 3. The summed E-state index contributed by atoms with van der Waals surface area (Å²) < 4.78 is 39.6. The summed E-state index contributed by atoms with van der Waals surface area (Å²) in [6.45, 7) is 7.66. The number of alkyl halides is 3. The van der Waals surface area contributed by atoms with Gasteiger partial charge in [0.25, 0.3) is 0 Å². The molecule has 9 heteroatoms. The zero-order valence-electron chi connectivity index (χ0n) is 30.0. The Bertz CT molecular complexity index is 2010. The van der Waals surface area contributed by atoms with E-state index in [9.17, 15) is 22.8 Å². The zero-order valence-corrected chi connectivity index (χ0v) is 30.0. The molecule has 2 heterocycles. The van der Waals surface area contributed by atoms with Crippen LogP contribution in [0.3, 0.4) is 0 Å². The predicted octanol–water partition coefficient (Wildman–Crippen LogP) is 8.38. The predicted molar refractivity (Wildman–Crippen MR) is 202 cm³/mol. The topological polar surface area (TPSA) is 56.8 Å². The first-order valence-corrected chi connectivity index (χ1v) is 17.8. The molecule has 0 aliphatic carbocycles. The monoisotopic (exact) mass is 716 g/mol. The first-order chi connectivity index (χ1) is 25.5. The van der Waals surface area contributed by atoms with Crippen molar-refractivity contribution in [3.05, 3.63) is 166 Å². The van der Waals surface area contributed by atoms with E-state index in [2.05, 4.69) is 41.9 Å². The standard InChI is InChI=1S/C44H43F3N4O2/c1-32-9-8-12-38(33(32)2)31-49-25-27-50(28-26-49)43(53)41(29-35-10-4-3-5-11-35)51(30-36-14-19-37(20-15-36)40-13-6-7-24-48-40)42(52)23-18-34-16-21-39(22-17-34)44(45,46)47/h3-24,41H,25-31H2,1-2H3. The number of rotatable bonds is 11. The van der Waals surface area contributed by atoms with Crippen LogP contribution in [0.4, 0.5) is 13.2 Å². The number of piperazine rings is 1. The van der Waals surface area contributed by atoms with Gasteiger partial charge in [-0.25, -0.2) is 0 Å². The van der Waals surface area contributed by atoms with Gasteiger partial charge >= 0.3 is 6.18 Å². The summed E-state index contributed by atoms with van der Waals surface area (Å²) >= 11 is 0. The lowest BCUT2D eigenvalue weighted by molar-refractivity contribution is -0.145. The molecule has 1 aliphatic rings. The quantitative estimate of drug-likeness (QED) is 0.129. The van der Waals surface area contributed by atoms with Crippen molar-refractivity contribution in [1.29, 1.82) is 0 Å². The molecule has 0 bridgehead atoms. The molecule has 4 aromatic carbocycles. The van der Waals surface area contributed by atoms with Crippen molar-refractivity contribution in [3.63, 3.8) is 0 Å². The molecule has 1 unspecified atom stereocenters. The van der Waals surface area contributed by atoms with E-state index in [1.807, 2.05) is 77.7 Å². The van der Waals surface area contributed by atoms with Crippen LogP contribution in [0, 0.1) is 13.8 Å². The first kappa shape index (κ1) is 37.2. The molecule has 0 saturated carbocycles. The van der Waals surface area contributed by atoms with E-state index < -0.39 is 23.7 Å². The van der Waals surface area contributed by atoms with Crippen molar-refractivity contribution in [1.82, 2.24) is 19.7 Å². The smallest absolute Gasteiger partial charge is 0.338 e. The largest absolute Gasteiger partial charge is 0.416 e. The van der Waals surface area contributed by atoms with Crippen LogP contribution in [-0.4, -0.2) is 63.7 Å². The van der Waals surface area contributed by atoms with Gasteiger partial charge < -0.3 is 9.80 Å². The summed E-state index contributed by atoms with van der Waals surface area (Å²) in [7, 11) is 0. The zero-order chi connectivity index (χ0) is 37.4. The highest BCUT2D eigenvalue weighted by Gasteiger charge is 2.34. The fourth-order valence-corrected chi connectivity index (χ4v) is 6.63. The van der Waals surface area contributed by atoms with Crippen LogP contribution < -0.4 is 0 Å². The van der Waals surface area contributed by atoms with Crippen LogP contribution in [0.5, 0.6) is 0 Å². The first-order valence-electron chi connectivity index (χ1n) is 17.8. The summed E-state index contributed by atoms with van der Waals surface area (Å²) in [4.78, 5) is 39.1. The Morgan fingerprint density at radius 1 is 0.792 bits per heavy atom. The van der Waals surface area contributed by atoms with E-state index in [1.165, 1.54) is 41.0 Å². The fraction of sp³-hybridized carbons (Fsp3) is 0.250. The Morgan fingerprint density at radius 3 is 2.15 bits per heavy atom. The maximum absolute atomic E-state index is 14.6. The van der Waals surface area contributed by atoms with Crippen molar-refractivity contribution in [2.24, 2.45) is 0 Å². The second-order valence-corrected chi connectivity index (χ2v) is 13.5. The molecule has 6 nitrogen and oxygen atoms in total. The van der Waals surface area contributed by atoms with Crippen molar-refractivity contribution in [3.8, 4) is 11.3 Å². The number of nitrogens with zero attached hydrogens (tertiary/aromatic N) is 4. The third-order valence-corrected chi connectivity index (χ3v) is 9.93. The second-order valence-electron chi connectivity index (χ2n) is 13.5. The summed E-state index contributed by atoms with van der Waals surface area (Å²) in [5.41, 5.74) is 6.96. The third kappa shape index (κ3) is 9.67. The Hall–Kier alpha value is -5.54. The molecule has 1 saturated heterocycles. The average molecular weight is 717 g/mol.